The van der Waals surface area contributed by atoms with Crippen LogP contribution in [0.25, 0.3) is 0 Å². The summed E-state index contributed by atoms with van der Waals surface area (Å²) < 4.78 is 5.42. The van der Waals surface area contributed by atoms with Crippen molar-refractivity contribution in [1.29, 1.82) is 0 Å². The summed E-state index contributed by atoms with van der Waals surface area (Å²) in [6.45, 7) is 9.73. The van der Waals surface area contributed by atoms with Gasteiger partial charge in [0.25, 0.3) is 0 Å². The van der Waals surface area contributed by atoms with E-state index in [0.29, 0.717) is 0 Å². The van der Waals surface area contributed by atoms with E-state index in [2.05, 4.69) is 0 Å². The van der Waals surface area contributed by atoms with Gasteiger partial charge in [-0.2, -0.15) is 0 Å². The third kappa shape index (κ3) is 4.65. The molecule has 0 aromatic heterocycles. The lowest BCUT2D eigenvalue weighted by Gasteiger charge is -2.28. The van der Waals surface area contributed by atoms with Crippen molar-refractivity contribution < 1.29 is 14.6 Å². The maximum atomic E-state index is 11.5. The van der Waals surface area contributed by atoms with E-state index >= 15 is 0 Å². The zero-order valence-electron chi connectivity index (χ0n) is 10.5. The second kappa shape index (κ2) is 6.83. The topological polar surface area (TPSA) is 46.5 Å². The highest BCUT2D eigenvalue weighted by Gasteiger charge is 2.27. The monoisotopic (exact) mass is 216 g/mol. The molecule has 15 heavy (non-hydrogen) atoms. The van der Waals surface area contributed by atoms with Crippen LogP contribution in [0.2, 0.25) is 0 Å². The van der Waals surface area contributed by atoms with Crippen LogP contribution in [-0.2, 0) is 9.53 Å². The van der Waals surface area contributed by atoms with Crippen molar-refractivity contribution in [2.75, 3.05) is 6.61 Å². The summed E-state index contributed by atoms with van der Waals surface area (Å²) in [4.78, 5) is 11.5. The zero-order valence-corrected chi connectivity index (χ0v) is 10.5. The van der Waals surface area contributed by atoms with Gasteiger partial charge in [0.05, 0.1) is 5.92 Å². The van der Waals surface area contributed by atoms with Crippen LogP contribution in [0.1, 0.15) is 41.0 Å². The standard InChI is InChI=1S/C12H24O3/c1-6-10(7-13)11(8(2)3)15-12(14)9(4)5/h8-11,13H,6-7H2,1-5H3. The Bertz CT molecular complexity index is 183. The van der Waals surface area contributed by atoms with Gasteiger partial charge >= 0.3 is 5.97 Å². The van der Waals surface area contributed by atoms with Crippen molar-refractivity contribution in [3.63, 3.8) is 0 Å². The molecule has 0 aromatic rings. The Morgan fingerprint density at radius 1 is 1.27 bits per heavy atom. The van der Waals surface area contributed by atoms with Gasteiger partial charge in [0, 0.05) is 12.5 Å². The predicted octanol–water partition coefficient (Wildman–Crippen LogP) is 2.23. The highest BCUT2D eigenvalue weighted by molar-refractivity contribution is 5.71. The van der Waals surface area contributed by atoms with Gasteiger partial charge in [-0.3, -0.25) is 4.79 Å². The van der Waals surface area contributed by atoms with Gasteiger partial charge in [-0.25, -0.2) is 0 Å². The smallest absolute Gasteiger partial charge is 0.308 e. The highest BCUT2D eigenvalue weighted by atomic mass is 16.5. The average Bonchev–Trinajstić information content (AvgIpc) is 2.17. The molecule has 2 atom stereocenters. The van der Waals surface area contributed by atoms with Crippen molar-refractivity contribution in [3.8, 4) is 0 Å². The van der Waals surface area contributed by atoms with E-state index in [1.807, 2.05) is 34.6 Å². The number of aliphatic hydroxyl groups is 1. The molecule has 0 aromatic carbocycles. The molecule has 0 spiro atoms. The minimum absolute atomic E-state index is 0.0488. The van der Waals surface area contributed by atoms with Crippen LogP contribution >= 0.6 is 0 Å². The molecule has 0 saturated heterocycles. The van der Waals surface area contributed by atoms with E-state index in [0.717, 1.165) is 6.42 Å². The quantitative estimate of drug-likeness (QED) is 0.692. The molecule has 0 aliphatic heterocycles. The van der Waals surface area contributed by atoms with Crippen molar-refractivity contribution in [3.05, 3.63) is 0 Å². The van der Waals surface area contributed by atoms with Crippen LogP contribution in [-0.4, -0.2) is 23.8 Å². The van der Waals surface area contributed by atoms with Gasteiger partial charge in [0.2, 0.25) is 0 Å². The van der Waals surface area contributed by atoms with Crippen LogP contribution in [0.5, 0.6) is 0 Å². The van der Waals surface area contributed by atoms with E-state index < -0.39 is 0 Å². The first-order valence-corrected chi connectivity index (χ1v) is 5.75. The van der Waals surface area contributed by atoms with Crippen LogP contribution < -0.4 is 0 Å². The van der Waals surface area contributed by atoms with Crippen molar-refractivity contribution in [2.24, 2.45) is 17.8 Å². The third-order valence-electron chi connectivity index (χ3n) is 2.60. The summed E-state index contributed by atoms with van der Waals surface area (Å²) in [5.41, 5.74) is 0. The molecule has 1 N–H and O–H groups in total. The van der Waals surface area contributed by atoms with E-state index in [9.17, 15) is 9.90 Å². The van der Waals surface area contributed by atoms with Gasteiger partial charge in [-0.05, 0) is 12.3 Å². The maximum absolute atomic E-state index is 11.5. The number of esters is 1. The van der Waals surface area contributed by atoms with Crippen molar-refractivity contribution >= 4 is 5.97 Å². The number of ether oxygens (including phenoxy) is 1. The third-order valence-corrected chi connectivity index (χ3v) is 2.60. The van der Waals surface area contributed by atoms with E-state index in [4.69, 9.17) is 4.74 Å². The molecule has 0 bridgehead atoms. The van der Waals surface area contributed by atoms with E-state index in [1.54, 1.807) is 0 Å². The fourth-order valence-corrected chi connectivity index (χ4v) is 1.51. The normalized spacial score (nSPS) is 15.5. The number of rotatable bonds is 6. The Hall–Kier alpha value is -0.570. The number of carbonyl (C=O) groups excluding carboxylic acids is 1. The Kier molecular flexibility index (Phi) is 6.57. The van der Waals surface area contributed by atoms with Crippen LogP contribution in [0, 0.1) is 17.8 Å². The second-order valence-electron chi connectivity index (χ2n) is 4.65. The summed E-state index contributed by atoms with van der Waals surface area (Å²) in [7, 11) is 0. The number of hydrogen-bond donors (Lipinski definition) is 1. The Labute approximate surface area is 92.8 Å². The van der Waals surface area contributed by atoms with Crippen LogP contribution in [0.3, 0.4) is 0 Å². The molecule has 0 amide bonds. The molecule has 3 nitrogen and oxygen atoms in total. The number of hydrogen-bond acceptors (Lipinski definition) is 3. The number of aliphatic hydroxyl groups excluding tert-OH is 1. The van der Waals surface area contributed by atoms with Gasteiger partial charge < -0.3 is 9.84 Å². The predicted molar refractivity (Wildman–Crippen MR) is 60.4 cm³/mol. The molecular formula is C12H24O3. The molecule has 0 aliphatic carbocycles. The minimum Gasteiger partial charge on any atom is -0.462 e. The Morgan fingerprint density at radius 3 is 2.07 bits per heavy atom. The summed E-state index contributed by atoms with van der Waals surface area (Å²) in [6.07, 6.45) is 0.653. The first-order chi connectivity index (χ1) is 6.93. The molecule has 3 heteroatoms. The summed E-state index contributed by atoms with van der Waals surface area (Å²) in [5.74, 6) is 0.000508. The molecule has 0 heterocycles. The van der Waals surface area contributed by atoms with Gasteiger partial charge in [0.1, 0.15) is 6.10 Å². The first-order valence-electron chi connectivity index (χ1n) is 5.75. The van der Waals surface area contributed by atoms with Gasteiger partial charge in [0.15, 0.2) is 0 Å². The summed E-state index contributed by atoms with van der Waals surface area (Å²) in [6, 6.07) is 0. The molecule has 0 aliphatic rings. The highest BCUT2D eigenvalue weighted by Crippen LogP contribution is 2.20. The molecule has 0 rings (SSSR count). The fourth-order valence-electron chi connectivity index (χ4n) is 1.51. The van der Waals surface area contributed by atoms with Gasteiger partial charge in [-0.1, -0.05) is 34.6 Å². The minimum atomic E-state index is -0.180. The molecule has 0 saturated carbocycles. The second-order valence-corrected chi connectivity index (χ2v) is 4.65. The van der Waals surface area contributed by atoms with Crippen molar-refractivity contribution in [1.82, 2.24) is 0 Å². The molecule has 90 valence electrons. The van der Waals surface area contributed by atoms with Crippen LogP contribution in [0.15, 0.2) is 0 Å². The zero-order chi connectivity index (χ0) is 12.0. The van der Waals surface area contributed by atoms with E-state index in [-0.39, 0.29) is 36.4 Å². The molecule has 0 fully saturated rings. The van der Waals surface area contributed by atoms with E-state index in [1.165, 1.54) is 0 Å². The molecular weight excluding hydrogens is 192 g/mol. The summed E-state index contributed by atoms with van der Waals surface area (Å²) in [5, 5.41) is 9.21. The summed E-state index contributed by atoms with van der Waals surface area (Å²) >= 11 is 0. The largest absolute Gasteiger partial charge is 0.462 e. The Balaban J connectivity index is 4.46. The average molecular weight is 216 g/mol. The lowest BCUT2D eigenvalue weighted by atomic mass is 9.91. The van der Waals surface area contributed by atoms with Crippen LogP contribution in [0.4, 0.5) is 0 Å². The number of carbonyl (C=O) groups is 1. The van der Waals surface area contributed by atoms with Crippen molar-refractivity contribution in [2.45, 2.75) is 47.1 Å². The Morgan fingerprint density at radius 2 is 1.80 bits per heavy atom. The maximum Gasteiger partial charge on any atom is 0.308 e. The molecule has 2 unspecified atom stereocenters. The first kappa shape index (κ1) is 14.4. The van der Waals surface area contributed by atoms with Gasteiger partial charge in [-0.15, -0.1) is 0 Å². The lowest BCUT2D eigenvalue weighted by Crippen LogP contribution is -2.34. The molecule has 0 radical (unpaired) electrons. The fraction of sp³-hybridized carbons (Fsp3) is 0.917. The SMILES string of the molecule is CCC(CO)C(OC(=O)C(C)C)C(C)C. The lowest BCUT2D eigenvalue weighted by molar-refractivity contribution is -0.159.